The Morgan fingerprint density at radius 2 is 1.97 bits per heavy atom. The molecule has 1 atom stereocenters. The number of halogens is 1. The van der Waals surface area contributed by atoms with Crippen molar-refractivity contribution in [2.45, 2.75) is 23.8 Å². The maximum Gasteiger partial charge on any atom is 0.260 e. The Bertz CT molecular complexity index is 1200. The molecule has 0 bridgehead atoms. The largest absolute Gasteiger partial charge is 0.376 e. The number of sulfonamides is 1. The summed E-state index contributed by atoms with van der Waals surface area (Å²) in [4.78, 5) is 19.5. The maximum atomic E-state index is 13.6. The van der Waals surface area contributed by atoms with Crippen molar-refractivity contribution in [2.75, 3.05) is 32.1 Å². The highest BCUT2D eigenvalue weighted by molar-refractivity contribution is 7.89. The SMILES string of the molecule is CN(C)S(=O)(=O)c1ccc(C(=O)N(CC2CCCO2)c2nc3ccc(F)cc3s2)cc1. The van der Waals surface area contributed by atoms with Crippen LogP contribution in [0.25, 0.3) is 10.2 Å². The lowest BCUT2D eigenvalue weighted by Gasteiger charge is -2.23. The highest BCUT2D eigenvalue weighted by atomic mass is 32.2. The van der Waals surface area contributed by atoms with Crippen LogP contribution in [-0.4, -0.2) is 57.0 Å². The molecule has 0 aliphatic carbocycles. The molecule has 4 rings (SSSR count). The first kappa shape index (κ1) is 21.8. The van der Waals surface area contributed by atoms with Crippen molar-refractivity contribution in [1.29, 1.82) is 0 Å². The van der Waals surface area contributed by atoms with E-state index in [2.05, 4.69) is 4.98 Å². The predicted molar refractivity (Wildman–Crippen MR) is 118 cm³/mol. The van der Waals surface area contributed by atoms with Crippen LogP contribution in [0, 0.1) is 5.82 Å². The minimum Gasteiger partial charge on any atom is -0.376 e. The molecule has 7 nitrogen and oxygen atoms in total. The second-order valence-electron chi connectivity index (χ2n) is 7.47. The number of carbonyl (C=O) groups excluding carboxylic acids is 1. The molecule has 10 heteroatoms. The van der Waals surface area contributed by atoms with Crippen LogP contribution >= 0.6 is 11.3 Å². The molecule has 1 aliphatic heterocycles. The fraction of sp³-hybridized carbons (Fsp3) is 0.333. The molecular weight excluding hydrogens is 441 g/mol. The molecule has 2 aromatic carbocycles. The molecule has 31 heavy (non-hydrogen) atoms. The number of hydrogen-bond acceptors (Lipinski definition) is 6. The number of nitrogens with zero attached hydrogens (tertiary/aromatic N) is 3. The van der Waals surface area contributed by atoms with Gasteiger partial charge in [-0.15, -0.1) is 0 Å². The Morgan fingerprint density at radius 1 is 1.23 bits per heavy atom. The van der Waals surface area contributed by atoms with Gasteiger partial charge in [0, 0.05) is 26.3 Å². The van der Waals surface area contributed by atoms with Gasteiger partial charge in [-0.2, -0.15) is 0 Å². The highest BCUT2D eigenvalue weighted by Gasteiger charge is 2.27. The summed E-state index contributed by atoms with van der Waals surface area (Å²) < 4.78 is 45.7. The van der Waals surface area contributed by atoms with E-state index in [4.69, 9.17) is 4.74 Å². The lowest BCUT2D eigenvalue weighted by molar-refractivity contribution is 0.0917. The van der Waals surface area contributed by atoms with Gasteiger partial charge in [-0.25, -0.2) is 22.1 Å². The van der Waals surface area contributed by atoms with Crippen LogP contribution in [0.5, 0.6) is 0 Å². The third-order valence-corrected chi connectivity index (χ3v) is 7.98. The van der Waals surface area contributed by atoms with Gasteiger partial charge in [0.25, 0.3) is 5.91 Å². The van der Waals surface area contributed by atoms with Crippen LogP contribution in [-0.2, 0) is 14.8 Å². The van der Waals surface area contributed by atoms with Gasteiger partial charge in [-0.3, -0.25) is 9.69 Å². The van der Waals surface area contributed by atoms with E-state index in [1.54, 1.807) is 6.07 Å². The Hall–Kier alpha value is -2.40. The van der Waals surface area contributed by atoms with Crippen molar-refractivity contribution in [3.05, 3.63) is 53.8 Å². The molecule has 0 spiro atoms. The Kier molecular flexibility index (Phi) is 6.07. The zero-order valence-corrected chi connectivity index (χ0v) is 18.7. The molecule has 0 saturated carbocycles. The van der Waals surface area contributed by atoms with Gasteiger partial charge >= 0.3 is 0 Å². The molecule has 1 amide bonds. The van der Waals surface area contributed by atoms with E-state index in [1.807, 2.05) is 0 Å². The molecule has 0 radical (unpaired) electrons. The van der Waals surface area contributed by atoms with E-state index >= 15 is 0 Å². The van der Waals surface area contributed by atoms with Crippen molar-refractivity contribution in [2.24, 2.45) is 0 Å². The molecule has 1 fully saturated rings. The van der Waals surface area contributed by atoms with Crippen molar-refractivity contribution in [3.8, 4) is 0 Å². The van der Waals surface area contributed by atoms with Crippen molar-refractivity contribution in [3.63, 3.8) is 0 Å². The number of amides is 1. The number of anilines is 1. The number of thiazole rings is 1. The van der Waals surface area contributed by atoms with E-state index in [1.165, 1.54) is 66.7 Å². The fourth-order valence-electron chi connectivity index (χ4n) is 3.38. The third kappa shape index (κ3) is 4.47. The standard InChI is InChI=1S/C21H22FN3O4S2/c1-24(2)31(27,28)17-8-5-14(6-9-17)20(26)25(13-16-4-3-11-29-16)21-23-18-10-7-15(22)12-19(18)30-21/h5-10,12,16H,3-4,11,13H2,1-2H3. The summed E-state index contributed by atoms with van der Waals surface area (Å²) in [5.74, 6) is -0.679. The number of rotatable bonds is 6. The lowest BCUT2D eigenvalue weighted by Crippen LogP contribution is -2.37. The fourth-order valence-corrected chi connectivity index (χ4v) is 5.28. The second kappa shape index (κ2) is 8.62. The molecule has 1 saturated heterocycles. The summed E-state index contributed by atoms with van der Waals surface area (Å²) >= 11 is 1.23. The van der Waals surface area contributed by atoms with Gasteiger partial charge in [0.15, 0.2) is 5.13 Å². The van der Waals surface area contributed by atoms with E-state index < -0.39 is 10.0 Å². The average Bonchev–Trinajstić information content (AvgIpc) is 3.40. The quantitative estimate of drug-likeness (QED) is 0.559. The first-order chi connectivity index (χ1) is 14.8. The molecule has 3 aromatic rings. The van der Waals surface area contributed by atoms with Crippen molar-refractivity contribution >= 4 is 42.6 Å². The number of aromatic nitrogens is 1. The lowest BCUT2D eigenvalue weighted by atomic mass is 10.2. The Balaban J connectivity index is 1.68. The number of hydrogen-bond donors (Lipinski definition) is 0. The van der Waals surface area contributed by atoms with E-state index in [0.717, 1.165) is 17.1 Å². The molecule has 2 heterocycles. The summed E-state index contributed by atoms with van der Waals surface area (Å²) in [5, 5.41) is 0.450. The first-order valence-corrected chi connectivity index (χ1v) is 12.0. The topological polar surface area (TPSA) is 79.8 Å². The number of carbonyl (C=O) groups is 1. The Morgan fingerprint density at radius 3 is 2.61 bits per heavy atom. The smallest absolute Gasteiger partial charge is 0.260 e. The summed E-state index contributed by atoms with van der Waals surface area (Å²) in [6, 6.07) is 10.1. The van der Waals surface area contributed by atoms with Gasteiger partial charge in [0.1, 0.15) is 5.82 Å². The Labute approximate surface area is 184 Å². The van der Waals surface area contributed by atoms with Gasteiger partial charge in [-0.05, 0) is 55.3 Å². The summed E-state index contributed by atoms with van der Waals surface area (Å²) in [7, 11) is -0.685. The normalized spacial score (nSPS) is 16.8. The van der Waals surface area contributed by atoms with Gasteiger partial charge in [0.2, 0.25) is 10.0 Å². The number of ether oxygens (including phenoxy) is 1. The second-order valence-corrected chi connectivity index (χ2v) is 10.6. The number of fused-ring (bicyclic) bond motifs is 1. The minimum absolute atomic E-state index is 0.107. The van der Waals surface area contributed by atoms with Crippen LogP contribution in [0.1, 0.15) is 23.2 Å². The monoisotopic (exact) mass is 463 g/mol. The first-order valence-electron chi connectivity index (χ1n) is 9.78. The van der Waals surface area contributed by atoms with E-state index in [9.17, 15) is 17.6 Å². The summed E-state index contributed by atoms with van der Waals surface area (Å²) in [6.07, 6.45) is 1.65. The molecule has 1 unspecified atom stereocenters. The van der Waals surface area contributed by atoms with Crippen LogP contribution in [0.2, 0.25) is 0 Å². The molecular formula is C21H22FN3O4S2. The average molecular weight is 464 g/mol. The van der Waals surface area contributed by atoms with Crippen molar-refractivity contribution < 1.29 is 22.3 Å². The van der Waals surface area contributed by atoms with Gasteiger partial charge in [0.05, 0.1) is 27.8 Å². The van der Waals surface area contributed by atoms with Crippen LogP contribution in [0.15, 0.2) is 47.4 Å². The molecule has 1 aromatic heterocycles. The van der Waals surface area contributed by atoms with Gasteiger partial charge < -0.3 is 4.74 Å². The maximum absolute atomic E-state index is 13.6. The zero-order valence-electron chi connectivity index (χ0n) is 17.1. The van der Waals surface area contributed by atoms with Crippen LogP contribution < -0.4 is 4.90 Å². The molecule has 1 aliphatic rings. The zero-order chi connectivity index (χ0) is 22.2. The predicted octanol–water partition coefficient (Wildman–Crippen LogP) is 3.51. The summed E-state index contributed by atoms with van der Waals surface area (Å²) in [6.45, 7) is 0.966. The van der Waals surface area contributed by atoms with Crippen molar-refractivity contribution in [1.82, 2.24) is 9.29 Å². The molecule has 164 valence electrons. The number of benzene rings is 2. The summed E-state index contributed by atoms with van der Waals surface area (Å²) in [5.41, 5.74) is 0.945. The van der Waals surface area contributed by atoms with E-state index in [0.29, 0.717) is 34.1 Å². The van der Waals surface area contributed by atoms with Crippen LogP contribution in [0.3, 0.4) is 0 Å². The molecule has 0 N–H and O–H groups in total. The third-order valence-electron chi connectivity index (χ3n) is 5.11. The minimum atomic E-state index is -3.59. The van der Waals surface area contributed by atoms with Crippen LogP contribution in [0.4, 0.5) is 9.52 Å². The van der Waals surface area contributed by atoms with Gasteiger partial charge in [-0.1, -0.05) is 11.3 Å². The van der Waals surface area contributed by atoms with E-state index in [-0.39, 0.29) is 22.7 Å². The highest BCUT2D eigenvalue weighted by Crippen LogP contribution is 2.31.